The molecule has 1 aromatic rings. The first kappa shape index (κ1) is 16.4. The quantitative estimate of drug-likeness (QED) is 0.878. The topological polar surface area (TPSA) is 58.4 Å². The van der Waals surface area contributed by atoms with Gasteiger partial charge in [-0.2, -0.15) is 0 Å². The fraction of sp³-hybridized carbons (Fsp3) is 0.417. The number of hydrogen-bond acceptors (Lipinski definition) is 2. The number of likely N-dealkylation sites (tertiary alicyclic amines) is 1. The van der Waals surface area contributed by atoms with E-state index in [1.807, 2.05) is 0 Å². The highest BCUT2D eigenvalue weighted by molar-refractivity contribution is 6.35. The molecule has 1 aromatic carbocycles. The van der Waals surface area contributed by atoms with Crippen molar-refractivity contribution in [3.8, 4) is 0 Å². The van der Waals surface area contributed by atoms with E-state index in [1.165, 1.54) is 0 Å². The second-order valence-electron chi connectivity index (χ2n) is 4.39. The molecule has 1 unspecified atom stereocenters. The van der Waals surface area contributed by atoms with Crippen LogP contribution in [0.25, 0.3) is 0 Å². The number of nitrogens with two attached hydrogens (primary N) is 1. The molecule has 2 rings (SSSR count). The van der Waals surface area contributed by atoms with Crippen LogP contribution in [0.15, 0.2) is 18.2 Å². The van der Waals surface area contributed by atoms with Gasteiger partial charge in [-0.3, -0.25) is 0 Å². The van der Waals surface area contributed by atoms with Gasteiger partial charge < -0.3 is 16.0 Å². The molecule has 7 heteroatoms. The highest BCUT2D eigenvalue weighted by Crippen LogP contribution is 2.20. The van der Waals surface area contributed by atoms with Crippen molar-refractivity contribution in [2.75, 3.05) is 13.1 Å². The van der Waals surface area contributed by atoms with Crippen LogP contribution >= 0.6 is 35.6 Å². The summed E-state index contributed by atoms with van der Waals surface area (Å²) in [4.78, 5) is 13.5. The van der Waals surface area contributed by atoms with Crippen LogP contribution in [0.4, 0.5) is 4.79 Å². The molecular formula is C12H16Cl3N3O. The van der Waals surface area contributed by atoms with Crippen LogP contribution in [0.5, 0.6) is 0 Å². The average Bonchev–Trinajstić information content (AvgIpc) is 2.74. The molecule has 0 bridgehead atoms. The van der Waals surface area contributed by atoms with Gasteiger partial charge in [0.1, 0.15) is 0 Å². The molecular weight excluding hydrogens is 309 g/mol. The van der Waals surface area contributed by atoms with E-state index in [0.29, 0.717) is 29.7 Å². The van der Waals surface area contributed by atoms with Crippen molar-refractivity contribution in [2.45, 2.75) is 19.0 Å². The van der Waals surface area contributed by atoms with Crippen LogP contribution in [0.2, 0.25) is 10.0 Å². The first-order chi connectivity index (χ1) is 8.56. The highest BCUT2D eigenvalue weighted by atomic mass is 35.5. The molecule has 0 aromatic heterocycles. The van der Waals surface area contributed by atoms with Gasteiger partial charge in [0, 0.05) is 35.7 Å². The number of rotatable bonds is 2. The predicted octanol–water partition coefficient (Wildman–Crippen LogP) is 2.66. The minimum atomic E-state index is -0.103. The second kappa shape index (κ2) is 7.20. The summed E-state index contributed by atoms with van der Waals surface area (Å²) in [6.07, 6.45) is 0.856. The third-order valence-electron chi connectivity index (χ3n) is 2.96. The van der Waals surface area contributed by atoms with Crippen LogP contribution in [0.3, 0.4) is 0 Å². The SMILES string of the molecule is Cl.NC1CCN(C(=O)NCc2ccc(Cl)cc2Cl)C1. The maximum Gasteiger partial charge on any atom is 0.317 e. The molecule has 0 spiro atoms. The third kappa shape index (κ3) is 4.42. The van der Waals surface area contributed by atoms with Gasteiger partial charge in [0.15, 0.2) is 0 Å². The van der Waals surface area contributed by atoms with Gasteiger partial charge in [-0.1, -0.05) is 29.3 Å². The lowest BCUT2D eigenvalue weighted by Gasteiger charge is -2.17. The molecule has 1 heterocycles. The second-order valence-corrected chi connectivity index (χ2v) is 5.23. The lowest BCUT2D eigenvalue weighted by Crippen LogP contribution is -2.39. The first-order valence-corrected chi connectivity index (χ1v) is 6.54. The van der Waals surface area contributed by atoms with Gasteiger partial charge in [-0.15, -0.1) is 12.4 Å². The minimum absolute atomic E-state index is 0. The number of urea groups is 1. The van der Waals surface area contributed by atoms with Gasteiger partial charge in [0.2, 0.25) is 0 Å². The van der Waals surface area contributed by atoms with E-state index in [1.54, 1.807) is 23.1 Å². The smallest absolute Gasteiger partial charge is 0.317 e. The molecule has 4 nitrogen and oxygen atoms in total. The van der Waals surface area contributed by atoms with E-state index in [9.17, 15) is 4.79 Å². The highest BCUT2D eigenvalue weighted by Gasteiger charge is 2.23. The Morgan fingerprint density at radius 1 is 1.47 bits per heavy atom. The maximum atomic E-state index is 11.8. The van der Waals surface area contributed by atoms with Crippen molar-refractivity contribution in [2.24, 2.45) is 5.73 Å². The van der Waals surface area contributed by atoms with E-state index in [0.717, 1.165) is 12.0 Å². The first-order valence-electron chi connectivity index (χ1n) is 5.78. The molecule has 1 aliphatic rings. The summed E-state index contributed by atoms with van der Waals surface area (Å²) in [6.45, 7) is 1.71. The van der Waals surface area contributed by atoms with Crippen LogP contribution in [-0.2, 0) is 6.54 Å². The third-order valence-corrected chi connectivity index (χ3v) is 3.54. The van der Waals surface area contributed by atoms with Gasteiger partial charge in [0.25, 0.3) is 0 Å². The van der Waals surface area contributed by atoms with E-state index >= 15 is 0 Å². The van der Waals surface area contributed by atoms with Gasteiger partial charge >= 0.3 is 6.03 Å². The summed E-state index contributed by atoms with van der Waals surface area (Å²) in [6, 6.07) is 5.21. The Labute approximate surface area is 128 Å². The number of amides is 2. The Kier molecular flexibility index (Phi) is 6.20. The molecule has 0 aliphatic carbocycles. The summed E-state index contributed by atoms with van der Waals surface area (Å²) >= 11 is 11.8. The van der Waals surface area contributed by atoms with Gasteiger partial charge in [-0.25, -0.2) is 4.79 Å². The Morgan fingerprint density at radius 2 is 2.21 bits per heavy atom. The number of carbonyl (C=O) groups is 1. The Hall–Kier alpha value is -0.680. The van der Waals surface area contributed by atoms with Crippen molar-refractivity contribution in [1.82, 2.24) is 10.2 Å². The van der Waals surface area contributed by atoms with Crippen molar-refractivity contribution < 1.29 is 4.79 Å². The van der Waals surface area contributed by atoms with E-state index in [4.69, 9.17) is 28.9 Å². The molecule has 19 heavy (non-hydrogen) atoms. The largest absolute Gasteiger partial charge is 0.334 e. The Balaban J connectivity index is 0.00000180. The fourth-order valence-electron chi connectivity index (χ4n) is 1.92. The Morgan fingerprint density at radius 3 is 2.79 bits per heavy atom. The van der Waals surface area contributed by atoms with Gasteiger partial charge in [0.05, 0.1) is 0 Å². The summed E-state index contributed by atoms with van der Waals surface area (Å²) < 4.78 is 0. The minimum Gasteiger partial charge on any atom is -0.334 e. The summed E-state index contributed by atoms with van der Waals surface area (Å²) in [5.41, 5.74) is 6.60. The summed E-state index contributed by atoms with van der Waals surface area (Å²) in [7, 11) is 0. The lowest BCUT2D eigenvalue weighted by molar-refractivity contribution is 0.208. The molecule has 1 saturated heterocycles. The molecule has 1 fully saturated rings. The number of carbonyl (C=O) groups excluding carboxylic acids is 1. The normalized spacial score (nSPS) is 18.1. The molecule has 3 N–H and O–H groups in total. The molecule has 2 amide bonds. The summed E-state index contributed by atoms with van der Waals surface area (Å²) in [5, 5.41) is 3.97. The zero-order valence-corrected chi connectivity index (χ0v) is 12.6. The van der Waals surface area contributed by atoms with Crippen LogP contribution < -0.4 is 11.1 Å². The maximum absolute atomic E-state index is 11.8. The summed E-state index contributed by atoms with van der Waals surface area (Å²) in [5.74, 6) is 0. The monoisotopic (exact) mass is 323 g/mol. The number of halogens is 3. The fourth-order valence-corrected chi connectivity index (χ4v) is 2.39. The molecule has 0 saturated carbocycles. The molecule has 1 atom stereocenters. The predicted molar refractivity (Wildman–Crippen MR) is 80.1 cm³/mol. The Bertz CT molecular complexity index is 456. The van der Waals surface area contributed by atoms with Gasteiger partial charge in [-0.05, 0) is 24.1 Å². The lowest BCUT2D eigenvalue weighted by atomic mass is 10.2. The number of benzene rings is 1. The zero-order chi connectivity index (χ0) is 13.1. The van der Waals surface area contributed by atoms with Crippen molar-refractivity contribution in [1.29, 1.82) is 0 Å². The molecule has 1 aliphatic heterocycles. The van der Waals surface area contributed by atoms with Crippen LogP contribution in [0.1, 0.15) is 12.0 Å². The van der Waals surface area contributed by atoms with Crippen LogP contribution in [0, 0.1) is 0 Å². The number of nitrogens with zero attached hydrogens (tertiary/aromatic N) is 1. The van der Waals surface area contributed by atoms with E-state index < -0.39 is 0 Å². The standard InChI is InChI=1S/C12H15Cl2N3O.ClH/c13-9-2-1-8(11(14)5-9)6-16-12(18)17-4-3-10(15)7-17;/h1-2,5,10H,3-4,6-7,15H2,(H,16,18);1H. The molecule has 106 valence electrons. The van der Waals surface area contributed by atoms with Crippen molar-refractivity contribution in [3.05, 3.63) is 33.8 Å². The van der Waals surface area contributed by atoms with E-state index in [2.05, 4.69) is 5.32 Å². The average molecular weight is 325 g/mol. The van der Waals surface area contributed by atoms with Crippen molar-refractivity contribution in [3.63, 3.8) is 0 Å². The van der Waals surface area contributed by atoms with Crippen LogP contribution in [-0.4, -0.2) is 30.1 Å². The van der Waals surface area contributed by atoms with E-state index in [-0.39, 0.29) is 24.5 Å². The number of hydrogen-bond donors (Lipinski definition) is 2. The molecule has 0 radical (unpaired) electrons. The van der Waals surface area contributed by atoms with Crippen molar-refractivity contribution >= 4 is 41.6 Å². The zero-order valence-electron chi connectivity index (χ0n) is 10.2. The number of nitrogens with one attached hydrogen (secondary N) is 1.